The number of thiophene rings is 1. The number of para-hydroxylation sites is 4. The molecule has 0 unspecified atom stereocenters. The number of anilines is 3. The summed E-state index contributed by atoms with van der Waals surface area (Å²) in [5, 5.41) is 5.36. The predicted molar refractivity (Wildman–Crippen MR) is 174 cm³/mol. The first kappa shape index (κ1) is 22.1. The SMILES string of the molecule is c1ccc(N2c3ccccc3B(n3c4ccccc4c4c5sc6ccccc6c5ccc43)c3ccccc32)cc1. The van der Waals surface area contributed by atoms with Crippen molar-refractivity contribution in [2.24, 2.45) is 0 Å². The molecule has 3 heterocycles. The Morgan fingerprint density at radius 1 is 0.475 bits per heavy atom. The van der Waals surface area contributed by atoms with Gasteiger partial charge in [0, 0.05) is 59.0 Å². The van der Waals surface area contributed by atoms with Gasteiger partial charge in [0.25, 0.3) is 0 Å². The quantitative estimate of drug-likeness (QED) is 0.205. The van der Waals surface area contributed by atoms with Gasteiger partial charge in [-0.15, -0.1) is 11.3 Å². The number of aromatic nitrogens is 1. The summed E-state index contributed by atoms with van der Waals surface area (Å²) in [5.74, 6) is 0. The van der Waals surface area contributed by atoms with Crippen LogP contribution < -0.4 is 15.8 Å². The van der Waals surface area contributed by atoms with Crippen molar-refractivity contribution in [2.45, 2.75) is 0 Å². The van der Waals surface area contributed by atoms with E-state index in [1.165, 1.54) is 70.0 Å². The van der Waals surface area contributed by atoms with Crippen LogP contribution in [-0.4, -0.2) is 11.3 Å². The van der Waals surface area contributed by atoms with Crippen LogP contribution in [0.25, 0.3) is 42.0 Å². The van der Waals surface area contributed by atoms with E-state index in [-0.39, 0.29) is 6.85 Å². The van der Waals surface area contributed by atoms with E-state index < -0.39 is 0 Å². The summed E-state index contributed by atoms with van der Waals surface area (Å²) in [6.45, 7) is 0.0431. The Labute approximate surface area is 236 Å². The Bertz CT molecular complexity index is 2200. The Morgan fingerprint density at radius 3 is 1.88 bits per heavy atom. The lowest BCUT2D eigenvalue weighted by Crippen LogP contribution is -2.54. The molecule has 2 nitrogen and oxygen atoms in total. The first-order valence-corrected chi connectivity index (χ1v) is 14.6. The Balaban J connectivity index is 1.41. The molecule has 0 spiro atoms. The van der Waals surface area contributed by atoms with Gasteiger partial charge < -0.3 is 9.38 Å². The average molecular weight is 526 g/mol. The predicted octanol–water partition coefficient (Wildman–Crippen LogP) is 8.60. The molecule has 0 amide bonds. The minimum atomic E-state index is 0.0431. The van der Waals surface area contributed by atoms with Gasteiger partial charge in [0.15, 0.2) is 0 Å². The highest BCUT2D eigenvalue weighted by Crippen LogP contribution is 2.43. The Hall–Kier alpha value is -4.80. The van der Waals surface area contributed by atoms with Gasteiger partial charge in [-0.1, -0.05) is 97.1 Å². The zero-order chi connectivity index (χ0) is 26.2. The van der Waals surface area contributed by atoms with Crippen LogP contribution in [0.5, 0.6) is 0 Å². The molecule has 40 heavy (non-hydrogen) atoms. The van der Waals surface area contributed by atoms with Crippen molar-refractivity contribution in [3.8, 4) is 0 Å². The number of fused-ring (bicyclic) bond motifs is 9. The third-order valence-electron chi connectivity index (χ3n) is 8.43. The third kappa shape index (κ3) is 2.94. The molecule has 0 N–H and O–H groups in total. The fourth-order valence-electron chi connectivity index (χ4n) is 6.82. The lowest BCUT2D eigenvalue weighted by Gasteiger charge is -2.37. The summed E-state index contributed by atoms with van der Waals surface area (Å²) >= 11 is 1.91. The topological polar surface area (TPSA) is 8.17 Å². The fraction of sp³-hybridized carbons (Fsp3) is 0. The number of hydrogen-bond acceptors (Lipinski definition) is 2. The molecule has 4 heteroatoms. The maximum absolute atomic E-state index is 2.59. The van der Waals surface area contributed by atoms with E-state index in [0.29, 0.717) is 0 Å². The normalized spacial score (nSPS) is 12.9. The summed E-state index contributed by atoms with van der Waals surface area (Å²) in [7, 11) is 0. The molecule has 0 fully saturated rings. The molecule has 186 valence electrons. The summed E-state index contributed by atoms with van der Waals surface area (Å²) in [5.41, 5.74) is 8.80. The Morgan fingerprint density at radius 2 is 1.10 bits per heavy atom. The van der Waals surface area contributed by atoms with Crippen molar-refractivity contribution in [1.29, 1.82) is 0 Å². The van der Waals surface area contributed by atoms with Crippen LogP contribution >= 0.6 is 11.3 Å². The average Bonchev–Trinajstić information content (AvgIpc) is 3.56. The van der Waals surface area contributed by atoms with Crippen molar-refractivity contribution in [2.75, 3.05) is 4.90 Å². The van der Waals surface area contributed by atoms with Crippen molar-refractivity contribution in [1.82, 2.24) is 4.48 Å². The second-order valence-corrected chi connectivity index (χ2v) is 11.6. The van der Waals surface area contributed by atoms with E-state index in [9.17, 15) is 0 Å². The number of benzene rings is 6. The van der Waals surface area contributed by atoms with Gasteiger partial charge in [0.1, 0.15) is 0 Å². The van der Waals surface area contributed by atoms with Crippen LogP contribution in [0.1, 0.15) is 0 Å². The van der Waals surface area contributed by atoms with Crippen molar-refractivity contribution in [3.63, 3.8) is 0 Å². The van der Waals surface area contributed by atoms with Gasteiger partial charge in [0.05, 0.1) is 0 Å². The molecule has 9 rings (SSSR count). The van der Waals surface area contributed by atoms with Crippen LogP contribution in [0.3, 0.4) is 0 Å². The fourth-order valence-corrected chi connectivity index (χ4v) is 8.08. The number of rotatable bonds is 2. The van der Waals surface area contributed by atoms with Gasteiger partial charge in [0.2, 0.25) is 0 Å². The van der Waals surface area contributed by atoms with Crippen LogP contribution in [0, 0.1) is 0 Å². The first-order chi connectivity index (χ1) is 19.9. The van der Waals surface area contributed by atoms with E-state index in [0.717, 1.165) is 0 Å². The van der Waals surface area contributed by atoms with E-state index in [2.05, 4.69) is 149 Å². The van der Waals surface area contributed by atoms with Crippen LogP contribution in [0.15, 0.2) is 140 Å². The molecule has 0 bridgehead atoms. The van der Waals surface area contributed by atoms with Gasteiger partial charge >= 0.3 is 6.85 Å². The monoisotopic (exact) mass is 526 g/mol. The van der Waals surface area contributed by atoms with E-state index in [1.807, 2.05) is 11.3 Å². The number of nitrogens with zero attached hydrogens (tertiary/aromatic N) is 2. The van der Waals surface area contributed by atoms with Crippen molar-refractivity contribution < 1.29 is 0 Å². The summed E-state index contributed by atoms with van der Waals surface area (Å²) < 4.78 is 5.31. The van der Waals surface area contributed by atoms with Gasteiger partial charge in [-0.05, 0) is 53.4 Å². The van der Waals surface area contributed by atoms with E-state index >= 15 is 0 Å². The van der Waals surface area contributed by atoms with Crippen LogP contribution in [0.4, 0.5) is 17.1 Å². The van der Waals surface area contributed by atoms with Crippen LogP contribution in [-0.2, 0) is 0 Å². The molecule has 1 aliphatic heterocycles. The molecule has 2 aromatic heterocycles. The first-order valence-electron chi connectivity index (χ1n) is 13.7. The second kappa shape index (κ2) is 8.35. The molecule has 8 aromatic rings. The second-order valence-electron chi connectivity index (χ2n) is 10.5. The highest BCUT2D eigenvalue weighted by Gasteiger charge is 2.37. The highest BCUT2D eigenvalue weighted by atomic mass is 32.1. The summed E-state index contributed by atoms with van der Waals surface area (Å²) in [4.78, 5) is 2.42. The molecule has 0 atom stereocenters. The molecule has 0 saturated carbocycles. The van der Waals surface area contributed by atoms with Crippen LogP contribution in [0.2, 0.25) is 0 Å². The zero-order valence-electron chi connectivity index (χ0n) is 21.7. The molecule has 0 saturated heterocycles. The van der Waals surface area contributed by atoms with Crippen molar-refractivity contribution >= 4 is 88.2 Å². The third-order valence-corrected chi connectivity index (χ3v) is 9.64. The zero-order valence-corrected chi connectivity index (χ0v) is 22.5. The largest absolute Gasteiger partial charge is 0.376 e. The number of hydrogen-bond donors (Lipinski definition) is 0. The maximum atomic E-state index is 2.59. The molecule has 0 radical (unpaired) electrons. The minimum absolute atomic E-state index is 0.0431. The molecule has 1 aliphatic rings. The van der Waals surface area contributed by atoms with E-state index in [1.54, 1.807) is 0 Å². The maximum Gasteiger partial charge on any atom is 0.332 e. The van der Waals surface area contributed by atoms with Crippen molar-refractivity contribution in [3.05, 3.63) is 140 Å². The Kier molecular flexibility index (Phi) is 4.61. The molecule has 0 aliphatic carbocycles. The highest BCUT2D eigenvalue weighted by molar-refractivity contribution is 7.26. The summed E-state index contributed by atoms with van der Waals surface area (Å²) in [6, 6.07) is 51.0. The minimum Gasteiger partial charge on any atom is -0.376 e. The molecular weight excluding hydrogens is 503 g/mol. The van der Waals surface area contributed by atoms with Gasteiger partial charge in [-0.3, -0.25) is 0 Å². The molecular formula is C36H23BN2S. The summed E-state index contributed by atoms with van der Waals surface area (Å²) in [6.07, 6.45) is 0. The lowest BCUT2D eigenvalue weighted by molar-refractivity contribution is 1.26. The molecule has 6 aromatic carbocycles. The van der Waals surface area contributed by atoms with Gasteiger partial charge in [-0.2, -0.15) is 0 Å². The standard InChI is InChI=1S/C36H23BN2S/c1-2-12-24(13-3-1)38-31-19-9-6-16-28(31)37(29-17-7-10-20-32(29)38)39-30-18-8-4-15-27(30)35-33(39)23-22-26-25-14-5-11-21-34(25)40-36(26)35/h1-23H. The lowest BCUT2D eigenvalue weighted by atomic mass is 9.47. The smallest absolute Gasteiger partial charge is 0.332 e. The van der Waals surface area contributed by atoms with Gasteiger partial charge in [-0.25, -0.2) is 0 Å². The van der Waals surface area contributed by atoms with E-state index in [4.69, 9.17) is 0 Å².